The fraction of sp³-hybridized carbons (Fsp3) is 0.333. The predicted molar refractivity (Wildman–Crippen MR) is 71.9 cm³/mol. The molecule has 98 valence electrons. The second kappa shape index (κ2) is 5.72. The van der Waals surface area contributed by atoms with Gasteiger partial charge in [0.2, 0.25) is 19.1 Å². The van der Waals surface area contributed by atoms with E-state index in [0.29, 0.717) is 3.79 Å². The van der Waals surface area contributed by atoms with Crippen molar-refractivity contribution >= 4 is 68.6 Å². The summed E-state index contributed by atoms with van der Waals surface area (Å²) in [6.45, 7) is -0.290. The molecular weight excluding hydrogens is 397 g/mol. The molecule has 0 aromatic carbocycles. The van der Waals surface area contributed by atoms with Crippen LogP contribution in [0.4, 0.5) is 0 Å². The van der Waals surface area contributed by atoms with Crippen LogP contribution in [0, 0.1) is 0 Å². The average Bonchev–Trinajstić information content (AvgIpc) is 2.45. The second-order valence-electron chi connectivity index (χ2n) is 2.83. The molecule has 0 atom stereocenters. The van der Waals surface area contributed by atoms with Crippen LogP contribution in [0.2, 0.25) is 5.02 Å². The number of hydrogen-bond donors (Lipinski definition) is 1. The Bertz CT molecular complexity index is 590. The summed E-state index contributed by atoms with van der Waals surface area (Å²) in [6, 6.07) is 1.27. The first kappa shape index (κ1) is 15.7. The Morgan fingerprint density at radius 1 is 1.35 bits per heavy atom. The van der Waals surface area contributed by atoms with E-state index in [1.807, 2.05) is 0 Å². The molecule has 0 amide bonds. The Balaban J connectivity index is 2.76. The quantitative estimate of drug-likeness (QED) is 0.763. The van der Waals surface area contributed by atoms with Gasteiger partial charge in [0, 0.05) is 17.2 Å². The van der Waals surface area contributed by atoms with Crippen LogP contribution in [-0.4, -0.2) is 29.1 Å². The van der Waals surface area contributed by atoms with Crippen molar-refractivity contribution in [1.29, 1.82) is 0 Å². The lowest BCUT2D eigenvalue weighted by Gasteiger charge is -2.02. The second-order valence-corrected chi connectivity index (χ2v) is 10.5. The lowest BCUT2D eigenvalue weighted by atomic mass is 10.7. The molecule has 1 aromatic rings. The molecular formula is C6H6BrCl2NO4S3. The summed E-state index contributed by atoms with van der Waals surface area (Å²) in [7, 11) is -2.52. The van der Waals surface area contributed by atoms with E-state index in [4.69, 9.17) is 22.3 Å². The van der Waals surface area contributed by atoms with E-state index in [1.54, 1.807) is 0 Å². The highest BCUT2D eigenvalue weighted by atomic mass is 79.9. The summed E-state index contributed by atoms with van der Waals surface area (Å²) in [6.07, 6.45) is 0. The van der Waals surface area contributed by atoms with Gasteiger partial charge in [-0.05, 0) is 22.0 Å². The molecule has 11 heteroatoms. The number of rotatable bonds is 5. The van der Waals surface area contributed by atoms with Gasteiger partial charge >= 0.3 is 0 Å². The summed E-state index contributed by atoms with van der Waals surface area (Å²) in [4.78, 5) is 0. The van der Waals surface area contributed by atoms with Gasteiger partial charge in [-0.25, -0.2) is 21.6 Å². The largest absolute Gasteiger partial charge is 0.250 e. The van der Waals surface area contributed by atoms with Crippen molar-refractivity contribution in [3.8, 4) is 0 Å². The highest BCUT2D eigenvalue weighted by Crippen LogP contribution is 2.34. The fourth-order valence-electron chi connectivity index (χ4n) is 0.828. The molecule has 1 rings (SSSR count). The van der Waals surface area contributed by atoms with Crippen LogP contribution in [-0.2, 0) is 19.1 Å². The summed E-state index contributed by atoms with van der Waals surface area (Å²) >= 11 is 9.71. The molecule has 1 N–H and O–H groups in total. The third-order valence-electron chi connectivity index (χ3n) is 1.53. The molecule has 0 saturated heterocycles. The molecule has 0 fully saturated rings. The maximum atomic E-state index is 11.7. The molecule has 0 spiro atoms. The maximum Gasteiger partial charge on any atom is 0.250 e. The summed E-state index contributed by atoms with van der Waals surface area (Å²) in [5.74, 6) is -0.478. The summed E-state index contributed by atoms with van der Waals surface area (Å²) in [5.41, 5.74) is 0. The van der Waals surface area contributed by atoms with Crippen LogP contribution < -0.4 is 4.72 Å². The van der Waals surface area contributed by atoms with Crippen LogP contribution >= 0.6 is 49.6 Å². The first-order valence-electron chi connectivity index (χ1n) is 3.99. The van der Waals surface area contributed by atoms with Gasteiger partial charge in [-0.2, -0.15) is 0 Å². The van der Waals surface area contributed by atoms with Crippen LogP contribution in [0.1, 0.15) is 0 Å². The van der Waals surface area contributed by atoms with Gasteiger partial charge < -0.3 is 0 Å². The van der Waals surface area contributed by atoms with E-state index in [0.717, 1.165) is 11.3 Å². The standard InChI is InChI=1S/C6H6BrCl2NO4S3/c7-6-4(8)3-5(15-6)17(13,14)10-1-2-16(9,11)12/h3,10H,1-2H2. The monoisotopic (exact) mass is 401 g/mol. The zero-order valence-corrected chi connectivity index (χ0v) is 13.5. The van der Waals surface area contributed by atoms with Gasteiger partial charge in [-0.3, -0.25) is 0 Å². The first-order valence-corrected chi connectivity index (χ1v) is 9.93. The minimum atomic E-state index is -3.75. The molecule has 17 heavy (non-hydrogen) atoms. The van der Waals surface area contributed by atoms with Crippen LogP contribution in [0.3, 0.4) is 0 Å². The number of halogens is 3. The zero-order valence-electron chi connectivity index (χ0n) is 7.98. The zero-order chi connectivity index (χ0) is 13.3. The Morgan fingerprint density at radius 2 is 1.94 bits per heavy atom. The van der Waals surface area contributed by atoms with E-state index in [2.05, 4.69) is 20.7 Å². The van der Waals surface area contributed by atoms with Crippen molar-refractivity contribution in [2.45, 2.75) is 4.21 Å². The first-order chi connectivity index (χ1) is 7.62. The van der Waals surface area contributed by atoms with E-state index < -0.39 is 24.8 Å². The third kappa shape index (κ3) is 5.01. The van der Waals surface area contributed by atoms with Crippen LogP contribution in [0.5, 0.6) is 0 Å². The number of nitrogens with one attached hydrogen (secondary N) is 1. The molecule has 0 aliphatic carbocycles. The van der Waals surface area contributed by atoms with Gasteiger partial charge in [-0.15, -0.1) is 11.3 Å². The average molecular weight is 403 g/mol. The minimum Gasteiger partial charge on any atom is -0.212 e. The van der Waals surface area contributed by atoms with E-state index in [9.17, 15) is 16.8 Å². The van der Waals surface area contributed by atoms with Gasteiger partial charge in [0.15, 0.2) is 0 Å². The molecule has 0 aliphatic heterocycles. The third-order valence-corrected chi connectivity index (χ3v) is 7.09. The van der Waals surface area contributed by atoms with E-state index >= 15 is 0 Å². The highest BCUT2D eigenvalue weighted by Gasteiger charge is 2.19. The Hall–Kier alpha value is 0.620. The van der Waals surface area contributed by atoms with Crippen molar-refractivity contribution in [2.24, 2.45) is 0 Å². The summed E-state index contributed by atoms with van der Waals surface area (Å²) in [5, 5.41) is 0.278. The van der Waals surface area contributed by atoms with Crippen molar-refractivity contribution in [3.63, 3.8) is 0 Å². The lowest BCUT2D eigenvalue weighted by Crippen LogP contribution is -2.27. The van der Waals surface area contributed by atoms with E-state index in [1.165, 1.54) is 6.07 Å². The fourth-order valence-corrected chi connectivity index (χ4v) is 5.01. The molecule has 1 aromatic heterocycles. The molecule has 0 aliphatic rings. The van der Waals surface area contributed by atoms with Crippen molar-refractivity contribution < 1.29 is 16.8 Å². The highest BCUT2D eigenvalue weighted by molar-refractivity contribution is 9.11. The van der Waals surface area contributed by atoms with E-state index in [-0.39, 0.29) is 15.8 Å². The Morgan fingerprint density at radius 3 is 2.35 bits per heavy atom. The van der Waals surface area contributed by atoms with Gasteiger partial charge in [0.05, 0.1) is 14.6 Å². The molecule has 0 saturated carbocycles. The lowest BCUT2D eigenvalue weighted by molar-refractivity contribution is 0.584. The molecule has 5 nitrogen and oxygen atoms in total. The number of sulfonamides is 1. The molecule has 0 radical (unpaired) electrons. The minimum absolute atomic E-state index is 0.00125. The number of hydrogen-bond acceptors (Lipinski definition) is 5. The molecule has 0 unspecified atom stereocenters. The number of thiophene rings is 1. The van der Waals surface area contributed by atoms with Crippen molar-refractivity contribution in [3.05, 3.63) is 14.9 Å². The predicted octanol–water partition coefficient (Wildman–Crippen LogP) is 2.01. The molecule has 0 bridgehead atoms. The SMILES string of the molecule is O=S(=O)(Cl)CCNS(=O)(=O)c1cc(Cl)c(Br)s1. The smallest absolute Gasteiger partial charge is 0.212 e. The van der Waals surface area contributed by atoms with Gasteiger partial charge in [0.1, 0.15) is 4.21 Å². The Kier molecular flexibility index (Phi) is 5.28. The van der Waals surface area contributed by atoms with Crippen molar-refractivity contribution in [1.82, 2.24) is 4.72 Å². The van der Waals surface area contributed by atoms with Crippen LogP contribution in [0.15, 0.2) is 14.1 Å². The van der Waals surface area contributed by atoms with Gasteiger partial charge in [-0.1, -0.05) is 11.6 Å². The normalized spacial score (nSPS) is 12.9. The van der Waals surface area contributed by atoms with Gasteiger partial charge in [0.25, 0.3) is 0 Å². The van der Waals surface area contributed by atoms with Crippen LogP contribution in [0.25, 0.3) is 0 Å². The topological polar surface area (TPSA) is 80.3 Å². The maximum absolute atomic E-state index is 11.7. The summed E-state index contributed by atoms with van der Waals surface area (Å²) < 4.78 is 47.2. The molecule has 1 heterocycles. The Labute approximate surface area is 121 Å². The van der Waals surface area contributed by atoms with Crippen molar-refractivity contribution in [2.75, 3.05) is 12.3 Å².